The third-order valence-electron chi connectivity index (χ3n) is 2.07. The molecular weight excluding hydrogens is 130 g/mol. The predicted molar refractivity (Wildman–Crippen MR) is 36.5 cm³/mol. The Morgan fingerprint density at radius 1 is 1.50 bits per heavy atom. The highest BCUT2D eigenvalue weighted by Gasteiger charge is 2.17. The molecule has 0 radical (unpaired) electrons. The first-order valence-electron chi connectivity index (χ1n) is 3.76. The summed E-state index contributed by atoms with van der Waals surface area (Å²) in [6, 6.07) is 0. The van der Waals surface area contributed by atoms with Gasteiger partial charge in [-0.15, -0.1) is 0 Å². The van der Waals surface area contributed by atoms with Crippen molar-refractivity contribution in [3.8, 4) is 0 Å². The van der Waals surface area contributed by atoms with Crippen LogP contribution in [0.15, 0.2) is 0 Å². The molecule has 0 aromatic heterocycles. The molecule has 0 aromatic rings. The van der Waals surface area contributed by atoms with Gasteiger partial charge in [-0.2, -0.15) is 0 Å². The maximum absolute atomic E-state index is 10.6. The van der Waals surface area contributed by atoms with Crippen molar-refractivity contribution in [3.63, 3.8) is 0 Å². The van der Waals surface area contributed by atoms with Crippen LogP contribution in [0.3, 0.4) is 0 Å². The molecule has 1 amide bonds. The summed E-state index contributed by atoms with van der Waals surface area (Å²) < 4.78 is 0. The number of rotatable bonds is 2. The smallest absolute Gasteiger partial charge is 0.243 e. The number of hydroxylamine groups is 1. The van der Waals surface area contributed by atoms with Crippen molar-refractivity contribution in [1.29, 1.82) is 0 Å². The highest BCUT2D eigenvalue weighted by Crippen LogP contribution is 2.27. The summed E-state index contributed by atoms with van der Waals surface area (Å²) in [6.07, 6.45) is 5.27. The van der Waals surface area contributed by atoms with Gasteiger partial charge in [-0.05, 0) is 18.8 Å². The minimum absolute atomic E-state index is 0.244. The Balaban J connectivity index is 2.17. The zero-order chi connectivity index (χ0) is 7.40. The predicted octanol–water partition coefficient (Wildman–Crippen LogP) is 1.07. The van der Waals surface area contributed by atoms with E-state index in [0.717, 1.165) is 12.8 Å². The van der Waals surface area contributed by atoms with Gasteiger partial charge in [0.2, 0.25) is 5.91 Å². The molecule has 0 spiro atoms. The summed E-state index contributed by atoms with van der Waals surface area (Å²) in [6.45, 7) is 0. The van der Waals surface area contributed by atoms with E-state index in [4.69, 9.17) is 5.21 Å². The van der Waals surface area contributed by atoms with Gasteiger partial charge < -0.3 is 0 Å². The van der Waals surface area contributed by atoms with Crippen molar-refractivity contribution in [3.05, 3.63) is 0 Å². The van der Waals surface area contributed by atoms with E-state index >= 15 is 0 Å². The SMILES string of the molecule is O=C(CC1CCCC1)NO. The lowest BCUT2D eigenvalue weighted by molar-refractivity contribution is -0.130. The number of carbonyl (C=O) groups is 1. The Morgan fingerprint density at radius 2 is 2.10 bits per heavy atom. The number of amides is 1. The molecule has 2 N–H and O–H groups in total. The number of carbonyl (C=O) groups excluding carboxylic acids is 1. The Hall–Kier alpha value is -0.570. The van der Waals surface area contributed by atoms with Crippen molar-refractivity contribution in [2.45, 2.75) is 32.1 Å². The number of hydrogen-bond acceptors (Lipinski definition) is 2. The largest absolute Gasteiger partial charge is 0.289 e. The molecule has 3 nitrogen and oxygen atoms in total. The fraction of sp³-hybridized carbons (Fsp3) is 0.857. The molecule has 10 heavy (non-hydrogen) atoms. The van der Waals surface area contributed by atoms with E-state index in [1.807, 2.05) is 0 Å². The topological polar surface area (TPSA) is 49.3 Å². The molecule has 0 saturated heterocycles. The van der Waals surface area contributed by atoms with E-state index in [1.165, 1.54) is 12.8 Å². The average Bonchev–Trinajstić information content (AvgIpc) is 2.40. The summed E-state index contributed by atoms with van der Waals surface area (Å²) in [7, 11) is 0. The minimum Gasteiger partial charge on any atom is -0.289 e. The maximum atomic E-state index is 10.6. The van der Waals surface area contributed by atoms with Gasteiger partial charge in [0.25, 0.3) is 0 Å². The molecule has 0 unspecified atom stereocenters. The van der Waals surface area contributed by atoms with Gasteiger partial charge in [-0.1, -0.05) is 12.8 Å². The number of nitrogens with one attached hydrogen (secondary N) is 1. The van der Waals surface area contributed by atoms with Crippen molar-refractivity contribution < 1.29 is 10.0 Å². The van der Waals surface area contributed by atoms with Gasteiger partial charge in [0.15, 0.2) is 0 Å². The molecule has 0 atom stereocenters. The Morgan fingerprint density at radius 3 is 2.60 bits per heavy atom. The molecule has 0 bridgehead atoms. The zero-order valence-electron chi connectivity index (χ0n) is 5.97. The van der Waals surface area contributed by atoms with E-state index in [9.17, 15) is 4.79 Å². The second-order valence-electron chi connectivity index (χ2n) is 2.89. The molecule has 1 rings (SSSR count). The third-order valence-corrected chi connectivity index (χ3v) is 2.07. The van der Waals surface area contributed by atoms with Gasteiger partial charge in [0.1, 0.15) is 0 Å². The lowest BCUT2D eigenvalue weighted by Crippen LogP contribution is -2.20. The molecule has 3 heteroatoms. The molecular formula is C7H13NO2. The standard InChI is InChI=1S/C7H13NO2/c9-7(8-10)5-6-3-1-2-4-6/h6,10H,1-5H2,(H,8,9). The zero-order valence-corrected chi connectivity index (χ0v) is 5.97. The lowest BCUT2D eigenvalue weighted by atomic mass is 10.0. The van der Waals surface area contributed by atoms with Gasteiger partial charge in [0.05, 0.1) is 0 Å². The van der Waals surface area contributed by atoms with Crippen LogP contribution in [0.4, 0.5) is 0 Å². The molecule has 0 aliphatic heterocycles. The van der Waals surface area contributed by atoms with Crippen LogP contribution < -0.4 is 5.48 Å². The van der Waals surface area contributed by atoms with E-state index in [-0.39, 0.29) is 5.91 Å². The second-order valence-corrected chi connectivity index (χ2v) is 2.89. The van der Waals surface area contributed by atoms with E-state index in [2.05, 4.69) is 0 Å². The summed E-state index contributed by atoms with van der Waals surface area (Å²) in [5.41, 5.74) is 1.65. The molecule has 58 valence electrons. The molecule has 1 aliphatic rings. The highest BCUT2D eigenvalue weighted by molar-refractivity contribution is 5.74. The van der Waals surface area contributed by atoms with Crippen LogP contribution in [0.1, 0.15) is 32.1 Å². The Labute approximate surface area is 60.4 Å². The van der Waals surface area contributed by atoms with Crippen LogP contribution in [0.25, 0.3) is 0 Å². The molecule has 0 aromatic carbocycles. The second kappa shape index (κ2) is 3.56. The first kappa shape index (κ1) is 7.54. The molecule has 1 aliphatic carbocycles. The number of hydrogen-bond donors (Lipinski definition) is 2. The monoisotopic (exact) mass is 143 g/mol. The average molecular weight is 143 g/mol. The van der Waals surface area contributed by atoms with Gasteiger partial charge in [-0.3, -0.25) is 10.0 Å². The summed E-state index contributed by atoms with van der Waals surface area (Å²) in [5, 5.41) is 8.20. The lowest BCUT2D eigenvalue weighted by Gasteiger charge is -2.04. The van der Waals surface area contributed by atoms with Crippen molar-refractivity contribution in [2.75, 3.05) is 0 Å². The minimum atomic E-state index is -0.244. The summed E-state index contributed by atoms with van der Waals surface area (Å²) in [4.78, 5) is 10.6. The van der Waals surface area contributed by atoms with E-state index in [1.54, 1.807) is 5.48 Å². The maximum Gasteiger partial charge on any atom is 0.243 e. The van der Waals surface area contributed by atoms with Gasteiger partial charge >= 0.3 is 0 Å². The van der Waals surface area contributed by atoms with Crippen molar-refractivity contribution >= 4 is 5.91 Å². The van der Waals surface area contributed by atoms with Crippen LogP contribution in [0, 0.1) is 5.92 Å². The van der Waals surface area contributed by atoms with Crippen LogP contribution >= 0.6 is 0 Å². The summed E-state index contributed by atoms with van der Waals surface area (Å²) >= 11 is 0. The Bertz CT molecular complexity index is 119. The molecule has 1 saturated carbocycles. The van der Waals surface area contributed by atoms with Crippen LogP contribution in [-0.4, -0.2) is 11.1 Å². The van der Waals surface area contributed by atoms with Gasteiger partial charge in [-0.25, -0.2) is 5.48 Å². The molecule has 0 heterocycles. The first-order chi connectivity index (χ1) is 4.83. The Kier molecular flexibility index (Phi) is 2.68. The van der Waals surface area contributed by atoms with Gasteiger partial charge in [0, 0.05) is 6.42 Å². The fourth-order valence-corrected chi connectivity index (χ4v) is 1.52. The first-order valence-corrected chi connectivity index (χ1v) is 3.76. The highest BCUT2D eigenvalue weighted by atomic mass is 16.5. The summed E-state index contributed by atoms with van der Waals surface area (Å²) in [5.74, 6) is 0.277. The van der Waals surface area contributed by atoms with E-state index in [0.29, 0.717) is 12.3 Å². The third kappa shape index (κ3) is 1.99. The van der Waals surface area contributed by atoms with Crippen LogP contribution in [-0.2, 0) is 4.79 Å². The fourth-order valence-electron chi connectivity index (χ4n) is 1.52. The van der Waals surface area contributed by atoms with Crippen molar-refractivity contribution in [1.82, 2.24) is 5.48 Å². The normalized spacial score (nSPS) is 19.3. The van der Waals surface area contributed by atoms with Crippen molar-refractivity contribution in [2.24, 2.45) is 5.92 Å². The quantitative estimate of drug-likeness (QED) is 0.448. The molecule has 1 fully saturated rings. The van der Waals surface area contributed by atoms with Crippen LogP contribution in [0.5, 0.6) is 0 Å². The van der Waals surface area contributed by atoms with Crippen LogP contribution in [0.2, 0.25) is 0 Å². The van der Waals surface area contributed by atoms with E-state index < -0.39 is 0 Å².